The second-order valence-electron chi connectivity index (χ2n) is 7.74. The zero-order chi connectivity index (χ0) is 21.8. The highest BCUT2D eigenvalue weighted by atomic mass is 79.9. The molecule has 0 bridgehead atoms. The predicted molar refractivity (Wildman–Crippen MR) is 130 cm³/mol. The molecule has 0 saturated carbocycles. The van der Waals surface area contributed by atoms with Crippen LogP contribution in [0.25, 0.3) is 0 Å². The number of aryl methyl sites for hydroxylation is 1. The summed E-state index contributed by atoms with van der Waals surface area (Å²) in [6.07, 6.45) is 0. The van der Waals surface area contributed by atoms with Gasteiger partial charge in [0, 0.05) is 42.8 Å². The van der Waals surface area contributed by atoms with Gasteiger partial charge in [0.05, 0.1) is 9.90 Å². The van der Waals surface area contributed by atoms with Crippen molar-refractivity contribution in [1.29, 1.82) is 0 Å². The first kappa shape index (κ1) is 22.3. The van der Waals surface area contributed by atoms with Gasteiger partial charge in [0.25, 0.3) is 5.91 Å². The van der Waals surface area contributed by atoms with Crippen LogP contribution in [0.4, 0.5) is 0 Å². The summed E-state index contributed by atoms with van der Waals surface area (Å²) >= 11 is 11.2. The van der Waals surface area contributed by atoms with Gasteiger partial charge in [-0.3, -0.25) is 9.69 Å². The molecule has 0 unspecified atom stereocenters. The van der Waals surface area contributed by atoms with E-state index in [9.17, 15) is 4.79 Å². The molecule has 1 amide bonds. The number of thiophene rings is 1. The van der Waals surface area contributed by atoms with Gasteiger partial charge in [-0.1, -0.05) is 45.7 Å². The number of benzene rings is 2. The van der Waals surface area contributed by atoms with Crippen LogP contribution in [0.5, 0.6) is 5.75 Å². The molecule has 4 nitrogen and oxygen atoms in total. The molecule has 4 rings (SSSR count). The van der Waals surface area contributed by atoms with Crippen LogP contribution in [0.2, 0.25) is 5.02 Å². The molecule has 0 aliphatic carbocycles. The molecule has 31 heavy (non-hydrogen) atoms. The molecule has 1 aromatic heterocycles. The third-order valence-corrected chi connectivity index (χ3v) is 7.07. The summed E-state index contributed by atoms with van der Waals surface area (Å²) in [5.41, 5.74) is 3.37. The lowest BCUT2D eigenvalue weighted by atomic mass is 10.2. The zero-order valence-electron chi connectivity index (χ0n) is 17.3. The lowest BCUT2D eigenvalue weighted by Crippen LogP contribution is -2.48. The minimum Gasteiger partial charge on any atom is -0.487 e. The minimum atomic E-state index is 0.104. The van der Waals surface area contributed by atoms with Crippen molar-refractivity contribution < 1.29 is 9.53 Å². The third kappa shape index (κ3) is 5.89. The number of hydrogen-bond donors (Lipinski definition) is 0. The molecule has 7 heteroatoms. The van der Waals surface area contributed by atoms with Crippen LogP contribution in [0.1, 0.15) is 26.4 Å². The average molecular weight is 520 g/mol. The van der Waals surface area contributed by atoms with Gasteiger partial charge >= 0.3 is 0 Å². The highest BCUT2D eigenvalue weighted by molar-refractivity contribution is 9.10. The van der Waals surface area contributed by atoms with Gasteiger partial charge in [-0.25, -0.2) is 0 Å². The molecule has 2 aromatic carbocycles. The van der Waals surface area contributed by atoms with E-state index in [-0.39, 0.29) is 5.91 Å². The molecule has 0 atom stereocenters. The molecule has 3 aromatic rings. The zero-order valence-corrected chi connectivity index (χ0v) is 20.5. The van der Waals surface area contributed by atoms with E-state index >= 15 is 0 Å². The second kappa shape index (κ2) is 10.2. The Morgan fingerprint density at radius 1 is 1.10 bits per heavy atom. The van der Waals surface area contributed by atoms with Crippen LogP contribution in [-0.4, -0.2) is 41.9 Å². The predicted octanol–water partition coefficient (Wildman–Crippen LogP) is 6.01. The lowest BCUT2D eigenvalue weighted by Gasteiger charge is -2.34. The van der Waals surface area contributed by atoms with E-state index in [0.717, 1.165) is 53.2 Å². The van der Waals surface area contributed by atoms with E-state index < -0.39 is 0 Å². The third-order valence-electron chi connectivity index (χ3n) is 5.30. The van der Waals surface area contributed by atoms with Gasteiger partial charge in [0.2, 0.25) is 0 Å². The number of hydrogen-bond acceptors (Lipinski definition) is 4. The summed E-state index contributed by atoms with van der Waals surface area (Å²) in [6.45, 7) is 6.56. The Kier molecular flexibility index (Phi) is 7.33. The smallest absolute Gasteiger partial charge is 0.264 e. The fraction of sp³-hybridized carbons (Fsp3) is 0.292. The van der Waals surface area contributed by atoms with Gasteiger partial charge in [-0.2, -0.15) is 0 Å². The number of amides is 1. The molecular formula is C24H24BrClN2O2S. The highest BCUT2D eigenvalue weighted by Crippen LogP contribution is 2.27. The van der Waals surface area contributed by atoms with Crippen molar-refractivity contribution in [2.24, 2.45) is 0 Å². The number of halogens is 2. The number of carbonyl (C=O) groups is 1. The van der Waals surface area contributed by atoms with Crippen LogP contribution in [0, 0.1) is 6.92 Å². The summed E-state index contributed by atoms with van der Waals surface area (Å²) in [6, 6.07) is 16.0. The Morgan fingerprint density at radius 3 is 2.68 bits per heavy atom. The molecule has 0 N–H and O–H groups in total. The van der Waals surface area contributed by atoms with Crippen LogP contribution in [-0.2, 0) is 13.2 Å². The lowest BCUT2D eigenvalue weighted by molar-refractivity contribution is 0.0633. The SMILES string of the molecule is Cc1ccc(Cl)c(OCc2csc(C(=O)N3CCN(Cc4cccc(Br)c4)CC3)c2)c1. The average Bonchev–Trinajstić information content (AvgIpc) is 3.23. The van der Waals surface area contributed by atoms with E-state index in [2.05, 4.69) is 39.0 Å². The largest absolute Gasteiger partial charge is 0.487 e. The van der Waals surface area contributed by atoms with Gasteiger partial charge in [0.1, 0.15) is 12.4 Å². The van der Waals surface area contributed by atoms with E-state index in [0.29, 0.717) is 17.4 Å². The van der Waals surface area contributed by atoms with E-state index in [1.807, 2.05) is 47.5 Å². The first-order valence-corrected chi connectivity index (χ1v) is 12.3. The summed E-state index contributed by atoms with van der Waals surface area (Å²) in [7, 11) is 0. The number of nitrogens with zero attached hydrogens (tertiary/aromatic N) is 2. The summed E-state index contributed by atoms with van der Waals surface area (Å²) in [5.74, 6) is 0.772. The Morgan fingerprint density at radius 2 is 1.90 bits per heavy atom. The maximum atomic E-state index is 12.9. The number of carbonyl (C=O) groups excluding carboxylic acids is 1. The Labute approximate surface area is 200 Å². The maximum Gasteiger partial charge on any atom is 0.264 e. The fourth-order valence-corrected chi connectivity index (χ4v) is 5.09. The fourth-order valence-electron chi connectivity index (χ4n) is 3.60. The van der Waals surface area contributed by atoms with Crippen LogP contribution < -0.4 is 4.74 Å². The molecule has 2 heterocycles. The van der Waals surface area contributed by atoms with Crippen molar-refractivity contribution in [1.82, 2.24) is 9.80 Å². The van der Waals surface area contributed by atoms with E-state index in [1.165, 1.54) is 16.9 Å². The normalized spacial score (nSPS) is 14.6. The number of ether oxygens (including phenoxy) is 1. The van der Waals surface area contributed by atoms with Gasteiger partial charge in [-0.05, 0) is 53.8 Å². The molecule has 162 valence electrons. The topological polar surface area (TPSA) is 32.8 Å². The first-order valence-electron chi connectivity index (χ1n) is 10.2. The Bertz CT molecular complexity index is 1060. The van der Waals surface area contributed by atoms with E-state index in [1.54, 1.807) is 0 Å². The monoisotopic (exact) mass is 518 g/mol. The van der Waals surface area contributed by atoms with Gasteiger partial charge in [-0.15, -0.1) is 11.3 Å². The first-order chi connectivity index (χ1) is 15.0. The quantitative estimate of drug-likeness (QED) is 0.400. The Balaban J connectivity index is 1.29. The molecule has 1 saturated heterocycles. The molecular weight excluding hydrogens is 496 g/mol. The van der Waals surface area contributed by atoms with Crippen molar-refractivity contribution in [3.8, 4) is 5.75 Å². The summed E-state index contributed by atoms with van der Waals surface area (Å²) in [4.78, 5) is 18.0. The molecule has 1 aliphatic heterocycles. The molecule has 1 aliphatic rings. The van der Waals surface area contributed by atoms with Crippen molar-refractivity contribution >= 4 is 44.8 Å². The number of piperazine rings is 1. The van der Waals surface area contributed by atoms with Gasteiger partial charge in [0.15, 0.2) is 0 Å². The summed E-state index contributed by atoms with van der Waals surface area (Å²) in [5, 5.41) is 2.58. The van der Waals surface area contributed by atoms with Crippen LogP contribution in [0.15, 0.2) is 58.4 Å². The number of rotatable bonds is 6. The van der Waals surface area contributed by atoms with Crippen molar-refractivity contribution in [3.05, 3.63) is 85.0 Å². The van der Waals surface area contributed by atoms with Crippen molar-refractivity contribution in [2.45, 2.75) is 20.1 Å². The van der Waals surface area contributed by atoms with Crippen LogP contribution >= 0.6 is 38.9 Å². The van der Waals surface area contributed by atoms with Crippen molar-refractivity contribution in [2.75, 3.05) is 26.2 Å². The van der Waals surface area contributed by atoms with Crippen LogP contribution in [0.3, 0.4) is 0 Å². The molecule has 1 fully saturated rings. The van der Waals surface area contributed by atoms with Crippen molar-refractivity contribution in [3.63, 3.8) is 0 Å². The maximum absolute atomic E-state index is 12.9. The molecule has 0 spiro atoms. The Hall–Kier alpha value is -1.86. The summed E-state index contributed by atoms with van der Waals surface area (Å²) < 4.78 is 6.96. The highest BCUT2D eigenvalue weighted by Gasteiger charge is 2.23. The van der Waals surface area contributed by atoms with Gasteiger partial charge < -0.3 is 9.64 Å². The second-order valence-corrected chi connectivity index (χ2v) is 9.97. The van der Waals surface area contributed by atoms with E-state index in [4.69, 9.17) is 16.3 Å². The standard InChI is InChI=1S/C24H24BrClN2O2S/c1-17-5-6-21(26)22(11-17)30-15-19-13-23(31-16-19)24(29)28-9-7-27(8-10-28)14-18-3-2-4-20(25)12-18/h2-6,11-13,16H,7-10,14-15H2,1H3. The minimum absolute atomic E-state index is 0.104. The molecule has 0 radical (unpaired) electrons.